The summed E-state index contributed by atoms with van der Waals surface area (Å²) in [6, 6.07) is -0.213. The van der Waals surface area contributed by atoms with Gasteiger partial charge in [0.1, 0.15) is 6.04 Å². The van der Waals surface area contributed by atoms with E-state index in [9.17, 15) is 4.79 Å². The molecule has 3 N–H and O–H groups in total. The maximum Gasteiger partial charge on any atom is 0.320 e. The SMILES string of the molecule is CC(CCC[C@H](N)C(=O)O)N(C)C. The molecule has 0 fully saturated rings. The third kappa shape index (κ3) is 5.60. The molecule has 0 amide bonds. The van der Waals surface area contributed by atoms with Crippen LogP contribution in [0.15, 0.2) is 0 Å². The average Bonchev–Trinajstić information content (AvgIpc) is 2.03. The van der Waals surface area contributed by atoms with Gasteiger partial charge in [0.25, 0.3) is 0 Å². The zero-order valence-corrected chi connectivity index (χ0v) is 8.66. The van der Waals surface area contributed by atoms with Gasteiger partial charge in [0.15, 0.2) is 0 Å². The molecule has 0 rings (SSSR count). The minimum atomic E-state index is -0.905. The zero-order chi connectivity index (χ0) is 10.4. The van der Waals surface area contributed by atoms with E-state index in [2.05, 4.69) is 11.8 Å². The molecule has 78 valence electrons. The number of rotatable bonds is 6. The number of carboxylic acids is 1. The number of carbonyl (C=O) groups is 1. The van der Waals surface area contributed by atoms with Crippen LogP contribution in [0.3, 0.4) is 0 Å². The Balaban J connectivity index is 3.50. The van der Waals surface area contributed by atoms with Crippen molar-refractivity contribution in [3.63, 3.8) is 0 Å². The van der Waals surface area contributed by atoms with E-state index in [1.54, 1.807) is 0 Å². The Morgan fingerprint density at radius 1 is 1.46 bits per heavy atom. The van der Waals surface area contributed by atoms with Crippen molar-refractivity contribution < 1.29 is 9.90 Å². The Bertz CT molecular complexity index is 160. The van der Waals surface area contributed by atoms with Gasteiger partial charge in [-0.2, -0.15) is 0 Å². The normalized spacial score (nSPS) is 15.8. The van der Waals surface area contributed by atoms with Gasteiger partial charge in [-0.3, -0.25) is 4.79 Å². The highest BCUT2D eigenvalue weighted by Crippen LogP contribution is 2.06. The fourth-order valence-electron chi connectivity index (χ4n) is 1.01. The van der Waals surface area contributed by atoms with E-state index in [1.165, 1.54) is 0 Å². The molecule has 0 aliphatic heterocycles. The third-order valence-corrected chi connectivity index (χ3v) is 2.34. The van der Waals surface area contributed by atoms with Gasteiger partial charge in [-0.15, -0.1) is 0 Å². The van der Waals surface area contributed by atoms with Gasteiger partial charge in [0.2, 0.25) is 0 Å². The lowest BCUT2D eigenvalue weighted by Crippen LogP contribution is -2.31. The van der Waals surface area contributed by atoms with Crippen LogP contribution in [-0.4, -0.2) is 42.2 Å². The van der Waals surface area contributed by atoms with Crippen LogP contribution in [0.4, 0.5) is 0 Å². The molecule has 0 aromatic carbocycles. The molecule has 0 saturated carbocycles. The van der Waals surface area contributed by atoms with Crippen molar-refractivity contribution in [1.29, 1.82) is 0 Å². The summed E-state index contributed by atoms with van der Waals surface area (Å²) in [7, 11) is 4.03. The molecular formula is C9H20N2O2. The summed E-state index contributed by atoms with van der Waals surface area (Å²) in [6.45, 7) is 2.12. The molecule has 0 spiro atoms. The molecule has 4 nitrogen and oxygen atoms in total. The van der Waals surface area contributed by atoms with Crippen molar-refractivity contribution in [2.45, 2.75) is 38.3 Å². The van der Waals surface area contributed by atoms with Gasteiger partial charge in [0.05, 0.1) is 0 Å². The Kier molecular flexibility index (Phi) is 5.66. The summed E-state index contributed by atoms with van der Waals surface area (Å²) in [5.41, 5.74) is 5.37. The van der Waals surface area contributed by atoms with E-state index in [0.29, 0.717) is 12.5 Å². The Morgan fingerprint density at radius 2 is 2.00 bits per heavy atom. The average molecular weight is 188 g/mol. The van der Waals surface area contributed by atoms with Crippen molar-refractivity contribution in [2.75, 3.05) is 14.1 Å². The lowest BCUT2D eigenvalue weighted by Gasteiger charge is -2.19. The zero-order valence-electron chi connectivity index (χ0n) is 8.66. The van der Waals surface area contributed by atoms with Gasteiger partial charge in [-0.05, 0) is 40.3 Å². The lowest BCUT2D eigenvalue weighted by atomic mass is 10.1. The first kappa shape index (κ1) is 12.4. The fourth-order valence-corrected chi connectivity index (χ4v) is 1.01. The molecule has 13 heavy (non-hydrogen) atoms. The predicted molar refractivity (Wildman–Crippen MR) is 52.6 cm³/mol. The summed E-state index contributed by atoms with van der Waals surface area (Å²) < 4.78 is 0. The minimum Gasteiger partial charge on any atom is -0.480 e. The first-order chi connectivity index (χ1) is 5.95. The van der Waals surface area contributed by atoms with Crippen molar-refractivity contribution in [3.8, 4) is 0 Å². The molecule has 2 atom stereocenters. The number of hydrogen-bond acceptors (Lipinski definition) is 3. The number of nitrogens with two attached hydrogens (primary N) is 1. The fraction of sp³-hybridized carbons (Fsp3) is 0.889. The Hall–Kier alpha value is -0.610. The van der Waals surface area contributed by atoms with E-state index >= 15 is 0 Å². The molecule has 0 aliphatic carbocycles. The largest absolute Gasteiger partial charge is 0.480 e. The molecule has 0 bridgehead atoms. The first-order valence-corrected chi connectivity index (χ1v) is 4.60. The molecule has 0 heterocycles. The van der Waals surface area contributed by atoms with E-state index in [-0.39, 0.29) is 0 Å². The van der Waals surface area contributed by atoms with Crippen LogP contribution in [0.2, 0.25) is 0 Å². The molecular weight excluding hydrogens is 168 g/mol. The highest BCUT2D eigenvalue weighted by Gasteiger charge is 2.11. The monoisotopic (exact) mass is 188 g/mol. The standard InChI is InChI=1S/C9H20N2O2/c1-7(11(2)3)5-4-6-8(10)9(12)13/h7-8H,4-6,10H2,1-3H3,(H,12,13)/t7?,8-/m0/s1. The van der Waals surface area contributed by atoms with Crippen LogP contribution in [0.5, 0.6) is 0 Å². The Morgan fingerprint density at radius 3 is 2.38 bits per heavy atom. The van der Waals surface area contributed by atoms with Gasteiger partial charge in [0, 0.05) is 6.04 Å². The molecule has 0 radical (unpaired) electrons. The van der Waals surface area contributed by atoms with Crippen molar-refractivity contribution in [1.82, 2.24) is 4.90 Å². The van der Waals surface area contributed by atoms with Crippen molar-refractivity contribution >= 4 is 5.97 Å². The molecule has 0 aliphatic rings. The van der Waals surface area contributed by atoms with Gasteiger partial charge >= 0.3 is 5.97 Å². The second-order valence-corrected chi connectivity index (χ2v) is 3.69. The molecule has 0 saturated heterocycles. The smallest absolute Gasteiger partial charge is 0.320 e. The van der Waals surface area contributed by atoms with Crippen LogP contribution in [0.1, 0.15) is 26.2 Å². The van der Waals surface area contributed by atoms with Gasteiger partial charge in [-0.25, -0.2) is 0 Å². The maximum absolute atomic E-state index is 10.4. The minimum absolute atomic E-state index is 0.487. The number of aliphatic carboxylic acids is 1. The van der Waals surface area contributed by atoms with E-state index < -0.39 is 12.0 Å². The highest BCUT2D eigenvalue weighted by atomic mass is 16.4. The van der Waals surface area contributed by atoms with Crippen LogP contribution >= 0.6 is 0 Å². The summed E-state index contributed by atoms with van der Waals surface area (Å²) in [5.74, 6) is -0.905. The highest BCUT2D eigenvalue weighted by molar-refractivity contribution is 5.72. The van der Waals surface area contributed by atoms with E-state index in [1.807, 2.05) is 14.1 Å². The Labute approximate surface area is 79.7 Å². The summed E-state index contributed by atoms with van der Waals surface area (Å²) in [6.07, 6.45) is 2.42. The topological polar surface area (TPSA) is 66.6 Å². The van der Waals surface area contributed by atoms with E-state index in [4.69, 9.17) is 10.8 Å². The van der Waals surface area contributed by atoms with Crippen LogP contribution < -0.4 is 5.73 Å². The lowest BCUT2D eigenvalue weighted by molar-refractivity contribution is -0.138. The van der Waals surface area contributed by atoms with Gasteiger partial charge < -0.3 is 15.7 Å². The summed E-state index contributed by atoms with van der Waals surface area (Å²) in [4.78, 5) is 12.5. The maximum atomic E-state index is 10.4. The first-order valence-electron chi connectivity index (χ1n) is 4.60. The number of nitrogens with zero attached hydrogens (tertiary/aromatic N) is 1. The molecule has 0 aromatic rings. The summed E-state index contributed by atoms with van der Waals surface area (Å²) >= 11 is 0. The second-order valence-electron chi connectivity index (χ2n) is 3.69. The van der Waals surface area contributed by atoms with E-state index in [0.717, 1.165) is 12.8 Å². The van der Waals surface area contributed by atoms with Gasteiger partial charge in [-0.1, -0.05) is 0 Å². The van der Waals surface area contributed by atoms with Crippen molar-refractivity contribution in [2.24, 2.45) is 5.73 Å². The molecule has 4 heteroatoms. The molecule has 1 unspecified atom stereocenters. The number of hydrogen-bond donors (Lipinski definition) is 2. The quantitative estimate of drug-likeness (QED) is 0.637. The summed E-state index contributed by atoms with van der Waals surface area (Å²) in [5, 5.41) is 8.52. The number of carboxylic acid groups (broad SMARTS) is 1. The molecule has 0 aromatic heterocycles. The van der Waals surface area contributed by atoms with Crippen molar-refractivity contribution in [3.05, 3.63) is 0 Å². The van der Waals surface area contributed by atoms with Crippen LogP contribution in [0, 0.1) is 0 Å². The third-order valence-electron chi connectivity index (χ3n) is 2.34. The van der Waals surface area contributed by atoms with Crippen LogP contribution in [-0.2, 0) is 4.79 Å². The predicted octanol–water partition coefficient (Wildman–Crippen LogP) is 0.519. The second kappa shape index (κ2) is 5.94. The van der Waals surface area contributed by atoms with Crippen LogP contribution in [0.25, 0.3) is 0 Å².